The summed E-state index contributed by atoms with van der Waals surface area (Å²) in [4.78, 5) is 18.4. The van der Waals surface area contributed by atoms with Crippen LogP contribution in [0.2, 0.25) is 0 Å². The number of nitrogens with one attached hydrogen (secondary N) is 1. The number of rotatable bonds is 7. The van der Waals surface area contributed by atoms with Crippen molar-refractivity contribution in [2.45, 2.75) is 13.5 Å². The number of methoxy groups -OCH3 is 1. The van der Waals surface area contributed by atoms with E-state index in [9.17, 15) is 4.79 Å². The molecular formula is C26H23N3O3S. The van der Waals surface area contributed by atoms with Crippen molar-refractivity contribution in [2.24, 2.45) is 0 Å². The van der Waals surface area contributed by atoms with Crippen LogP contribution >= 0.6 is 11.3 Å². The Kier molecular flexibility index (Phi) is 5.71. The second kappa shape index (κ2) is 8.96. The van der Waals surface area contributed by atoms with E-state index in [2.05, 4.69) is 9.72 Å². The molecule has 0 spiro atoms. The lowest BCUT2D eigenvalue weighted by molar-refractivity contribution is 0.0951. The van der Waals surface area contributed by atoms with Crippen molar-refractivity contribution >= 4 is 32.4 Å². The summed E-state index contributed by atoms with van der Waals surface area (Å²) in [6, 6.07) is 21.4. The lowest BCUT2D eigenvalue weighted by Crippen LogP contribution is -2.22. The third kappa shape index (κ3) is 4.27. The van der Waals surface area contributed by atoms with E-state index in [-0.39, 0.29) is 5.91 Å². The number of fused-ring (bicyclic) bond motifs is 3. The van der Waals surface area contributed by atoms with Crippen LogP contribution in [0, 0.1) is 0 Å². The minimum Gasteiger partial charge on any atom is -0.497 e. The SMILES string of the molecule is CCOc1ccc(CNC(=O)c2ccc3c(c2)sc2nc(-c4cccc(OC)c4)cn23)cc1. The van der Waals surface area contributed by atoms with E-state index < -0.39 is 0 Å². The number of imidazole rings is 1. The van der Waals surface area contributed by atoms with Gasteiger partial charge in [-0.3, -0.25) is 9.20 Å². The molecule has 5 aromatic rings. The predicted octanol–water partition coefficient (Wildman–Crippen LogP) is 5.55. The van der Waals surface area contributed by atoms with Gasteiger partial charge in [0.25, 0.3) is 5.91 Å². The summed E-state index contributed by atoms with van der Waals surface area (Å²) in [7, 11) is 1.66. The van der Waals surface area contributed by atoms with Gasteiger partial charge in [-0.25, -0.2) is 4.98 Å². The van der Waals surface area contributed by atoms with E-state index in [0.717, 1.165) is 43.5 Å². The Hall–Kier alpha value is -3.84. The molecule has 2 heterocycles. The average Bonchev–Trinajstić information content (AvgIpc) is 3.41. The molecule has 0 aliphatic heterocycles. The van der Waals surface area contributed by atoms with Crippen LogP contribution < -0.4 is 14.8 Å². The molecule has 33 heavy (non-hydrogen) atoms. The lowest BCUT2D eigenvalue weighted by Gasteiger charge is -2.07. The smallest absolute Gasteiger partial charge is 0.251 e. The van der Waals surface area contributed by atoms with Gasteiger partial charge in [0.15, 0.2) is 4.96 Å². The van der Waals surface area contributed by atoms with Crippen LogP contribution in [0.5, 0.6) is 11.5 Å². The largest absolute Gasteiger partial charge is 0.497 e. The first-order valence-corrected chi connectivity index (χ1v) is 11.5. The monoisotopic (exact) mass is 457 g/mol. The van der Waals surface area contributed by atoms with Crippen molar-refractivity contribution in [3.8, 4) is 22.8 Å². The number of carbonyl (C=O) groups excluding carboxylic acids is 1. The number of hydrogen-bond donors (Lipinski definition) is 1. The molecule has 1 amide bonds. The second-order valence-electron chi connectivity index (χ2n) is 7.55. The fourth-order valence-corrected chi connectivity index (χ4v) is 4.77. The fourth-order valence-electron chi connectivity index (χ4n) is 3.72. The van der Waals surface area contributed by atoms with Crippen LogP contribution in [0.1, 0.15) is 22.8 Å². The van der Waals surface area contributed by atoms with Gasteiger partial charge in [-0.15, -0.1) is 0 Å². The van der Waals surface area contributed by atoms with E-state index in [1.54, 1.807) is 18.4 Å². The Morgan fingerprint density at radius 2 is 1.91 bits per heavy atom. The van der Waals surface area contributed by atoms with E-state index in [4.69, 9.17) is 14.5 Å². The molecule has 0 radical (unpaired) electrons. The van der Waals surface area contributed by atoms with Crippen molar-refractivity contribution in [1.82, 2.24) is 14.7 Å². The number of thiazole rings is 1. The quantitative estimate of drug-likeness (QED) is 0.348. The Morgan fingerprint density at radius 3 is 2.70 bits per heavy atom. The molecule has 7 heteroatoms. The minimum atomic E-state index is -0.103. The number of benzene rings is 3. The van der Waals surface area contributed by atoms with Crippen molar-refractivity contribution in [1.29, 1.82) is 0 Å². The van der Waals surface area contributed by atoms with Gasteiger partial charge in [-0.1, -0.05) is 35.6 Å². The first-order chi connectivity index (χ1) is 16.1. The van der Waals surface area contributed by atoms with E-state index in [0.29, 0.717) is 18.7 Å². The molecule has 0 aliphatic carbocycles. The number of ether oxygens (including phenoxy) is 2. The molecule has 0 unspecified atom stereocenters. The minimum absolute atomic E-state index is 0.103. The van der Waals surface area contributed by atoms with E-state index >= 15 is 0 Å². The molecular weight excluding hydrogens is 434 g/mol. The highest BCUT2D eigenvalue weighted by molar-refractivity contribution is 7.23. The van der Waals surface area contributed by atoms with E-state index in [1.165, 1.54) is 0 Å². The summed E-state index contributed by atoms with van der Waals surface area (Å²) in [5.74, 6) is 1.53. The summed E-state index contributed by atoms with van der Waals surface area (Å²) >= 11 is 1.57. The maximum atomic E-state index is 12.7. The average molecular weight is 458 g/mol. The molecule has 0 bridgehead atoms. The van der Waals surface area contributed by atoms with Crippen molar-refractivity contribution in [3.63, 3.8) is 0 Å². The van der Waals surface area contributed by atoms with Crippen LogP contribution in [-0.2, 0) is 6.54 Å². The van der Waals surface area contributed by atoms with Gasteiger partial charge >= 0.3 is 0 Å². The van der Waals surface area contributed by atoms with E-state index in [1.807, 2.05) is 79.9 Å². The molecule has 0 saturated carbocycles. The van der Waals surface area contributed by atoms with Gasteiger partial charge in [0.1, 0.15) is 11.5 Å². The molecule has 1 N–H and O–H groups in total. The number of hydrogen-bond acceptors (Lipinski definition) is 5. The normalized spacial score (nSPS) is 11.1. The Labute approximate surface area is 195 Å². The summed E-state index contributed by atoms with van der Waals surface area (Å²) < 4.78 is 13.9. The molecule has 2 aromatic heterocycles. The topological polar surface area (TPSA) is 64.9 Å². The fraction of sp³-hybridized carbons (Fsp3) is 0.154. The number of nitrogens with zero attached hydrogens (tertiary/aromatic N) is 2. The van der Waals surface area contributed by atoms with Gasteiger partial charge in [0, 0.05) is 23.9 Å². The first-order valence-electron chi connectivity index (χ1n) is 10.7. The zero-order valence-corrected chi connectivity index (χ0v) is 19.2. The first kappa shape index (κ1) is 21.0. The third-order valence-corrected chi connectivity index (χ3v) is 6.43. The maximum Gasteiger partial charge on any atom is 0.251 e. The molecule has 5 rings (SSSR count). The molecule has 0 aliphatic rings. The van der Waals surface area contributed by atoms with Crippen LogP contribution in [-0.4, -0.2) is 29.0 Å². The van der Waals surface area contributed by atoms with Gasteiger partial charge < -0.3 is 14.8 Å². The maximum absolute atomic E-state index is 12.7. The van der Waals surface area contributed by atoms with Crippen LogP contribution in [0.25, 0.3) is 26.4 Å². The molecule has 3 aromatic carbocycles. The third-order valence-electron chi connectivity index (χ3n) is 5.41. The van der Waals surface area contributed by atoms with Crippen LogP contribution in [0.4, 0.5) is 0 Å². The Bertz CT molecular complexity index is 1440. The predicted molar refractivity (Wildman–Crippen MR) is 131 cm³/mol. The van der Waals surface area contributed by atoms with Crippen LogP contribution in [0.3, 0.4) is 0 Å². The summed E-state index contributed by atoms with van der Waals surface area (Å²) in [6.45, 7) is 3.05. The number of carbonyl (C=O) groups is 1. The summed E-state index contributed by atoms with van der Waals surface area (Å²) in [6.07, 6.45) is 2.02. The molecule has 0 saturated heterocycles. The molecule has 0 fully saturated rings. The second-order valence-corrected chi connectivity index (χ2v) is 8.56. The highest BCUT2D eigenvalue weighted by Crippen LogP contribution is 2.31. The van der Waals surface area contributed by atoms with Crippen molar-refractivity contribution in [3.05, 3.63) is 84.1 Å². The van der Waals surface area contributed by atoms with Crippen molar-refractivity contribution < 1.29 is 14.3 Å². The molecule has 166 valence electrons. The molecule has 0 atom stereocenters. The zero-order chi connectivity index (χ0) is 22.8. The number of amides is 1. The highest BCUT2D eigenvalue weighted by atomic mass is 32.1. The summed E-state index contributed by atoms with van der Waals surface area (Å²) in [5.41, 5.74) is 4.57. The standard InChI is InChI=1S/C26H23N3O3S/c1-3-32-20-10-7-17(8-11-20)15-27-25(30)19-9-12-23-24(14-19)33-26-28-22(16-29(23)26)18-5-4-6-21(13-18)31-2/h4-14,16H,3,15H2,1-2H3,(H,27,30). The van der Waals surface area contributed by atoms with Gasteiger partial charge in [0.2, 0.25) is 0 Å². The number of aromatic nitrogens is 2. The summed E-state index contributed by atoms with van der Waals surface area (Å²) in [5, 5.41) is 2.99. The zero-order valence-electron chi connectivity index (χ0n) is 18.4. The van der Waals surface area contributed by atoms with Gasteiger partial charge in [0.05, 0.1) is 29.6 Å². The van der Waals surface area contributed by atoms with Gasteiger partial charge in [-0.05, 0) is 55.0 Å². The van der Waals surface area contributed by atoms with Gasteiger partial charge in [-0.2, -0.15) is 0 Å². The Balaban J connectivity index is 1.34. The molecule has 6 nitrogen and oxygen atoms in total. The Morgan fingerprint density at radius 1 is 1.06 bits per heavy atom. The van der Waals surface area contributed by atoms with Crippen LogP contribution in [0.15, 0.2) is 72.9 Å². The lowest BCUT2D eigenvalue weighted by atomic mass is 10.1. The highest BCUT2D eigenvalue weighted by Gasteiger charge is 2.13. The van der Waals surface area contributed by atoms with Crippen molar-refractivity contribution in [2.75, 3.05) is 13.7 Å².